The Bertz CT molecular complexity index is 1140. The van der Waals surface area contributed by atoms with E-state index < -0.39 is 0 Å². The number of nitrogens with one attached hydrogen (secondary N) is 1. The maximum Gasteiger partial charge on any atom is 0.246 e. The molecule has 0 bridgehead atoms. The molecule has 29 heavy (non-hydrogen) atoms. The largest absolute Gasteiger partial charge is 0.368 e. The van der Waals surface area contributed by atoms with Crippen LogP contribution in [0.3, 0.4) is 0 Å². The number of aromatic nitrogens is 4. The van der Waals surface area contributed by atoms with Gasteiger partial charge in [-0.2, -0.15) is 0 Å². The Morgan fingerprint density at radius 1 is 1.21 bits per heavy atom. The summed E-state index contributed by atoms with van der Waals surface area (Å²) in [6.07, 6.45) is 0.898. The SMILES string of the molecule is Cc1ccc2nc(NC(=O)Cn3c(N)nnc3SCCc3ccccc3)sc2c1. The predicted molar refractivity (Wildman–Crippen MR) is 118 cm³/mol. The first-order valence-corrected chi connectivity index (χ1v) is 10.9. The Morgan fingerprint density at radius 3 is 2.86 bits per heavy atom. The third kappa shape index (κ3) is 4.75. The zero-order chi connectivity index (χ0) is 20.2. The Labute approximate surface area is 176 Å². The van der Waals surface area contributed by atoms with Gasteiger partial charge in [-0.25, -0.2) is 4.98 Å². The molecule has 2 heterocycles. The van der Waals surface area contributed by atoms with Crippen molar-refractivity contribution in [2.24, 2.45) is 0 Å². The second kappa shape index (κ2) is 8.62. The van der Waals surface area contributed by atoms with Crippen molar-refractivity contribution in [1.29, 1.82) is 0 Å². The zero-order valence-corrected chi connectivity index (χ0v) is 17.5. The summed E-state index contributed by atoms with van der Waals surface area (Å²) in [5.74, 6) is 0.834. The number of carbonyl (C=O) groups is 1. The third-order valence-corrected chi connectivity index (χ3v) is 6.20. The first-order valence-electron chi connectivity index (χ1n) is 9.11. The summed E-state index contributed by atoms with van der Waals surface area (Å²) in [6, 6.07) is 16.2. The smallest absolute Gasteiger partial charge is 0.246 e. The van der Waals surface area contributed by atoms with Crippen molar-refractivity contribution < 1.29 is 4.79 Å². The molecule has 3 N–H and O–H groups in total. The van der Waals surface area contributed by atoms with E-state index in [1.165, 1.54) is 28.7 Å². The standard InChI is InChI=1S/C20H20N6OS2/c1-13-7-8-15-16(11-13)29-19(22-15)23-17(27)12-26-18(21)24-25-20(26)28-10-9-14-5-3-2-4-6-14/h2-8,11H,9-10,12H2,1H3,(H2,21,24)(H,22,23,27). The predicted octanol–water partition coefficient (Wildman–Crippen LogP) is 3.75. The number of benzene rings is 2. The van der Waals surface area contributed by atoms with Gasteiger partial charge in [0.05, 0.1) is 10.2 Å². The van der Waals surface area contributed by atoms with Crippen molar-refractivity contribution >= 4 is 50.3 Å². The van der Waals surface area contributed by atoms with E-state index in [1.807, 2.05) is 37.3 Å². The highest BCUT2D eigenvalue weighted by Crippen LogP contribution is 2.27. The number of nitrogens with zero attached hydrogens (tertiary/aromatic N) is 4. The molecule has 148 valence electrons. The molecule has 0 atom stereocenters. The average Bonchev–Trinajstić information content (AvgIpc) is 3.25. The van der Waals surface area contributed by atoms with Crippen LogP contribution in [-0.2, 0) is 17.8 Å². The minimum Gasteiger partial charge on any atom is -0.368 e. The number of amides is 1. The number of anilines is 2. The first-order chi connectivity index (χ1) is 14.1. The number of hydrogen-bond acceptors (Lipinski definition) is 7. The second-order valence-corrected chi connectivity index (χ2v) is 8.64. The molecule has 2 aromatic carbocycles. The van der Waals surface area contributed by atoms with Crippen LogP contribution < -0.4 is 11.1 Å². The van der Waals surface area contributed by atoms with E-state index in [0.717, 1.165) is 28.0 Å². The number of nitrogens with two attached hydrogens (primary N) is 1. The van der Waals surface area contributed by atoms with Gasteiger partial charge in [-0.05, 0) is 36.6 Å². The molecule has 0 aliphatic carbocycles. The van der Waals surface area contributed by atoms with E-state index in [9.17, 15) is 4.79 Å². The highest BCUT2D eigenvalue weighted by atomic mass is 32.2. The molecule has 7 nitrogen and oxygen atoms in total. The molecular formula is C20H20N6OS2. The zero-order valence-electron chi connectivity index (χ0n) is 15.8. The van der Waals surface area contributed by atoms with Crippen molar-refractivity contribution in [3.63, 3.8) is 0 Å². The van der Waals surface area contributed by atoms with E-state index in [1.54, 1.807) is 4.57 Å². The van der Waals surface area contributed by atoms with Crippen LogP contribution in [0.4, 0.5) is 11.1 Å². The molecular weight excluding hydrogens is 404 g/mol. The molecule has 0 unspecified atom stereocenters. The number of thiazole rings is 1. The molecule has 0 saturated carbocycles. The summed E-state index contributed by atoms with van der Waals surface area (Å²) >= 11 is 2.98. The van der Waals surface area contributed by atoms with Gasteiger partial charge in [0.25, 0.3) is 0 Å². The number of fused-ring (bicyclic) bond motifs is 1. The fourth-order valence-corrected chi connectivity index (χ4v) is 4.76. The molecule has 0 aliphatic rings. The maximum absolute atomic E-state index is 12.5. The number of rotatable bonds is 7. The van der Waals surface area contributed by atoms with Crippen molar-refractivity contribution in [2.75, 3.05) is 16.8 Å². The molecule has 2 aromatic heterocycles. The number of aryl methyl sites for hydroxylation is 2. The summed E-state index contributed by atoms with van der Waals surface area (Å²) in [5, 5.41) is 12.1. The first kappa shape index (κ1) is 19.4. The van der Waals surface area contributed by atoms with Crippen LogP contribution in [0.15, 0.2) is 53.7 Å². The van der Waals surface area contributed by atoms with Crippen molar-refractivity contribution in [2.45, 2.75) is 25.0 Å². The van der Waals surface area contributed by atoms with Gasteiger partial charge in [0.2, 0.25) is 11.9 Å². The molecule has 1 amide bonds. The van der Waals surface area contributed by atoms with Gasteiger partial charge in [0.15, 0.2) is 10.3 Å². The van der Waals surface area contributed by atoms with Crippen LogP contribution >= 0.6 is 23.1 Å². The summed E-state index contributed by atoms with van der Waals surface area (Å²) in [4.78, 5) is 17.0. The number of nitrogen functional groups attached to an aromatic ring is 1. The van der Waals surface area contributed by atoms with E-state index in [0.29, 0.717) is 10.3 Å². The summed E-state index contributed by atoms with van der Waals surface area (Å²) < 4.78 is 2.67. The van der Waals surface area contributed by atoms with Gasteiger partial charge in [-0.3, -0.25) is 9.36 Å². The molecule has 4 rings (SSSR count). The average molecular weight is 425 g/mol. The van der Waals surface area contributed by atoms with E-state index in [4.69, 9.17) is 5.73 Å². The molecule has 4 aromatic rings. The van der Waals surface area contributed by atoms with Gasteiger partial charge in [0, 0.05) is 5.75 Å². The molecule has 0 radical (unpaired) electrons. The molecule has 0 saturated heterocycles. The topological polar surface area (TPSA) is 98.7 Å². The third-order valence-electron chi connectivity index (χ3n) is 4.30. The Hall–Kier alpha value is -2.91. The van der Waals surface area contributed by atoms with Crippen LogP contribution in [0.25, 0.3) is 10.2 Å². The fourth-order valence-electron chi connectivity index (χ4n) is 2.85. The van der Waals surface area contributed by atoms with E-state index >= 15 is 0 Å². The number of thioether (sulfide) groups is 1. The van der Waals surface area contributed by atoms with Crippen molar-refractivity contribution in [3.05, 3.63) is 59.7 Å². The summed E-state index contributed by atoms with van der Waals surface area (Å²) in [7, 11) is 0. The van der Waals surface area contributed by atoms with Gasteiger partial charge >= 0.3 is 0 Å². The lowest BCUT2D eigenvalue weighted by molar-refractivity contribution is -0.116. The minimum atomic E-state index is -0.211. The van der Waals surface area contributed by atoms with Crippen molar-refractivity contribution in [3.8, 4) is 0 Å². The highest BCUT2D eigenvalue weighted by molar-refractivity contribution is 7.99. The Morgan fingerprint density at radius 2 is 2.03 bits per heavy atom. The molecule has 9 heteroatoms. The second-order valence-electron chi connectivity index (χ2n) is 6.55. The lowest BCUT2D eigenvalue weighted by atomic mass is 10.2. The normalized spacial score (nSPS) is 11.1. The highest BCUT2D eigenvalue weighted by Gasteiger charge is 2.15. The van der Waals surface area contributed by atoms with Gasteiger partial charge in [0.1, 0.15) is 6.54 Å². The van der Waals surface area contributed by atoms with Crippen LogP contribution in [0.5, 0.6) is 0 Å². The van der Waals surface area contributed by atoms with Gasteiger partial charge < -0.3 is 11.1 Å². The monoisotopic (exact) mass is 424 g/mol. The van der Waals surface area contributed by atoms with Crippen LogP contribution in [-0.4, -0.2) is 31.4 Å². The van der Waals surface area contributed by atoms with Crippen molar-refractivity contribution in [1.82, 2.24) is 19.7 Å². The lowest BCUT2D eigenvalue weighted by Crippen LogP contribution is -2.20. The van der Waals surface area contributed by atoms with Crippen LogP contribution in [0.1, 0.15) is 11.1 Å². The quantitative estimate of drug-likeness (QED) is 0.438. The Balaban J connectivity index is 1.39. The number of carbonyl (C=O) groups excluding carboxylic acids is 1. The molecule has 0 fully saturated rings. The minimum absolute atomic E-state index is 0.0431. The van der Waals surface area contributed by atoms with Gasteiger partial charge in [-0.1, -0.05) is 59.5 Å². The molecule has 0 spiro atoms. The Kier molecular flexibility index (Phi) is 5.77. The fraction of sp³-hybridized carbons (Fsp3) is 0.200. The summed E-state index contributed by atoms with van der Waals surface area (Å²) in [5.41, 5.74) is 9.21. The lowest BCUT2D eigenvalue weighted by Gasteiger charge is -2.07. The maximum atomic E-state index is 12.5. The molecule has 0 aliphatic heterocycles. The van der Waals surface area contributed by atoms with Crippen LogP contribution in [0.2, 0.25) is 0 Å². The van der Waals surface area contributed by atoms with E-state index in [2.05, 4.69) is 38.7 Å². The van der Waals surface area contributed by atoms with Crippen LogP contribution in [0, 0.1) is 6.92 Å². The number of hydrogen-bond donors (Lipinski definition) is 2. The summed E-state index contributed by atoms with van der Waals surface area (Å²) in [6.45, 7) is 2.07. The van der Waals surface area contributed by atoms with Gasteiger partial charge in [-0.15, -0.1) is 10.2 Å². The van der Waals surface area contributed by atoms with E-state index in [-0.39, 0.29) is 18.4 Å².